The number of nitrogens with one attached hydrogen (secondary N) is 1. The number of non-ortho nitro benzene ring substituents is 1. The summed E-state index contributed by atoms with van der Waals surface area (Å²) in [4.78, 5) is 14.6. The Hall–Kier alpha value is -2.61. The third-order valence-electron chi connectivity index (χ3n) is 2.88. The van der Waals surface area contributed by atoms with E-state index in [4.69, 9.17) is 6.42 Å². The summed E-state index contributed by atoms with van der Waals surface area (Å²) in [5.74, 6) is 2.64. The van der Waals surface area contributed by atoms with E-state index in [2.05, 4.69) is 16.2 Å². The number of fused-ring (bicyclic) bond motifs is 1. The summed E-state index contributed by atoms with van der Waals surface area (Å²) in [6.07, 6.45) is 7.73. The molecule has 0 fully saturated rings. The van der Waals surface area contributed by atoms with Crippen LogP contribution in [-0.4, -0.2) is 15.9 Å². The fraction of sp³-hybridized carbons (Fsp3) is 0.214. The first-order valence-corrected chi connectivity index (χ1v) is 5.92. The van der Waals surface area contributed by atoms with Crippen LogP contribution >= 0.6 is 0 Å². The lowest BCUT2D eigenvalue weighted by atomic mass is 10.1. The molecule has 1 N–H and O–H groups in total. The van der Waals surface area contributed by atoms with E-state index < -0.39 is 4.92 Å². The molecule has 0 aliphatic heterocycles. The van der Waals surface area contributed by atoms with Crippen molar-refractivity contribution >= 4 is 22.3 Å². The summed E-state index contributed by atoms with van der Waals surface area (Å²) in [6.45, 7) is 1.98. The van der Waals surface area contributed by atoms with E-state index in [1.165, 1.54) is 12.3 Å². The van der Waals surface area contributed by atoms with Gasteiger partial charge in [-0.15, -0.1) is 6.42 Å². The lowest BCUT2D eigenvalue weighted by Gasteiger charge is -2.14. The number of anilines is 1. The zero-order valence-electron chi connectivity index (χ0n) is 10.5. The molecule has 1 heterocycles. The summed E-state index contributed by atoms with van der Waals surface area (Å²) < 4.78 is 0. The highest BCUT2D eigenvalue weighted by Gasteiger charge is 2.16. The first-order valence-electron chi connectivity index (χ1n) is 5.92. The minimum Gasteiger partial charge on any atom is -0.371 e. The van der Waals surface area contributed by atoms with Gasteiger partial charge in [0.1, 0.15) is 5.52 Å². The van der Waals surface area contributed by atoms with Gasteiger partial charge in [0.2, 0.25) is 0 Å². The van der Waals surface area contributed by atoms with Crippen LogP contribution in [0.1, 0.15) is 13.3 Å². The van der Waals surface area contributed by atoms with Crippen LogP contribution in [0.2, 0.25) is 0 Å². The Kier molecular flexibility index (Phi) is 3.62. The molecule has 1 atom stereocenters. The fourth-order valence-corrected chi connectivity index (χ4v) is 1.88. The van der Waals surface area contributed by atoms with E-state index in [0.29, 0.717) is 10.9 Å². The van der Waals surface area contributed by atoms with Crippen LogP contribution in [0.4, 0.5) is 11.4 Å². The Morgan fingerprint density at radius 1 is 1.53 bits per heavy atom. The molecule has 0 aliphatic carbocycles. The number of hydrogen-bond donors (Lipinski definition) is 1. The number of aromatic nitrogens is 1. The highest BCUT2D eigenvalue weighted by atomic mass is 16.6. The van der Waals surface area contributed by atoms with Crippen molar-refractivity contribution in [1.29, 1.82) is 0 Å². The third-order valence-corrected chi connectivity index (χ3v) is 2.88. The summed E-state index contributed by atoms with van der Waals surface area (Å²) in [6, 6.07) is 6.54. The van der Waals surface area contributed by atoms with Crippen LogP contribution in [-0.2, 0) is 0 Å². The highest BCUT2D eigenvalue weighted by molar-refractivity contribution is 5.97. The number of nitro groups is 1. The second-order valence-corrected chi connectivity index (χ2v) is 4.06. The molecule has 0 spiro atoms. The summed E-state index contributed by atoms with van der Waals surface area (Å²) in [7, 11) is 0. The quantitative estimate of drug-likeness (QED) is 0.518. The van der Waals surface area contributed by atoms with Crippen molar-refractivity contribution in [3.8, 4) is 12.3 Å². The van der Waals surface area contributed by atoms with E-state index in [0.717, 1.165) is 12.1 Å². The SMILES string of the molecule is C#CC(CC)Nc1ccc([N+](=O)[O-])c2ncccc12. The number of pyridine rings is 1. The van der Waals surface area contributed by atoms with Gasteiger partial charge in [-0.3, -0.25) is 10.1 Å². The van der Waals surface area contributed by atoms with Crippen molar-refractivity contribution in [3.05, 3.63) is 40.6 Å². The zero-order chi connectivity index (χ0) is 13.8. The normalized spacial score (nSPS) is 11.8. The van der Waals surface area contributed by atoms with Gasteiger partial charge in [0.25, 0.3) is 5.69 Å². The lowest BCUT2D eigenvalue weighted by molar-refractivity contribution is -0.383. The number of nitro benzene ring substituents is 1. The Labute approximate surface area is 110 Å². The maximum Gasteiger partial charge on any atom is 0.295 e. The Morgan fingerprint density at radius 3 is 2.95 bits per heavy atom. The number of benzene rings is 1. The highest BCUT2D eigenvalue weighted by Crippen LogP contribution is 2.30. The van der Waals surface area contributed by atoms with Gasteiger partial charge in [0, 0.05) is 23.3 Å². The molecule has 96 valence electrons. The number of hydrogen-bond acceptors (Lipinski definition) is 4. The molecule has 0 saturated heterocycles. The van der Waals surface area contributed by atoms with Crippen LogP contribution in [0.5, 0.6) is 0 Å². The van der Waals surface area contributed by atoms with Gasteiger partial charge in [-0.05, 0) is 24.6 Å². The van der Waals surface area contributed by atoms with E-state index >= 15 is 0 Å². The Balaban J connectivity index is 2.56. The van der Waals surface area contributed by atoms with Crippen molar-refractivity contribution in [2.75, 3.05) is 5.32 Å². The standard InChI is InChI=1S/C14H13N3O2/c1-3-10(4-2)16-12-7-8-13(17(18)19)14-11(12)6-5-9-15-14/h1,5-10,16H,4H2,2H3. The Bertz CT molecular complexity index is 661. The average molecular weight is 255 g/mol. The average Bonchev–Trinajstić information content (AvgIpc) is 2.44. The predicted molar refractivity (Wildman–Crippen MR) is 74.9 cm³/mol. The second-order valence-electron chi connectivity index (χ2n) is 4.06. The first kappa shape index (κ1) is 12.8. The molecule has 0 aliphatic rings. The Morgan fingerprint density at radius 2 is 2.32 bits per heavy atom. The van der Waals surface area contributed by atoms with Crippen LogP contribution in [0.25, 0.3) is 10.9 Å². The van der Waals surface area contributed by atoms with E-state index in [1.807, 2.05) is 6.92 Å². The monoisotopic (exact) mass is 255 g/mol. The first-order chi connectivity index (χ1) is 9.17. The summed E-state index contributed by atoms with van der Waals surface area (Å²) in [5, 5.41) is 14.9. The molecule has 0 amide bonds. The number of rotatable bonds is 4. The smallest absolute Gasteiger partial charge is 0.295 e. The number of nitrogens with zero attached hydrogens (tertiary/aromatic N) is 2. The molecule has 5 nitrogen and oxygen atoms in total. The topological polar surface area (TPSA) is 68.1 Å². The molecule has 1 aromatic carbocycles. The molecule has 2 aromatic rings. The van der Waals surface area contributed by atoms with E-state index in [1.54, 1.807) is 18.2 Å². The number of terminal acetylenes is 1. The molecule has 0 radical (unpaired) electrons. The molecule has 0 saturated carbocycles. The third kappa shape index (κ3) is 2.47. The minimum absolute atomic E-state index is 0.00472. The van der Waals surface area contributed by atoms with E-state index in [9.17, 15) is 10.1 Å². The van der Waals surface area contributed by atoms with Gasteiger partial charge >= 0.3 is 0 Å². The molecule has 1 aromatic heterocycles. The molecule has 0 bridgehead atoms. The van der Waals surface area contributed by atoms with Gasteiger partial charge in [0.05, 0.1) is 11.0 Å². The van der Waals surface area contributed by atoms with Crippen LogP contribution in [0.3, 0.4) is 0 Å². The maximum atomic E-state index is 11.0. The largest absolute Gasteiger partial charge is 0.371 e. The van der Waals surface area contributed by atoms with Gasteiger partial charge in [-0.25, -0.2) is 4.98 Å². The zero-order valence-corrected chi connectivity index (χ0v) is 10.5. The molecular weight excluding hydrogens is 242 g/mol. The van der Waals surface area contributed by atoms with Crippen molar-refractivity contribution in [1.82, 2.24) is 4.98 Å². The van der Waals surface area contributed by atoms with Crippen molar-refractivity contribution in [2.24, 2.45) is 0 Å². The van der Waals surface area contributed by atoms with Gasteiger partial charge in [-0.1, -0.05) is 12.8 Å². The van der Waals surface area contributed by atoms with Crippen molar-refractivity contribution in [2.45, 2.75) is 19.4 Å². The van der Waals surface area contributed by atoms with Gasteiger partial charge in [-0.2, -0.15) is 0 Å². The lowest BCUT2D eigenvalue weighted by Crippen LogP contribution is -2.15. The van der Waals surface area contributed by atoms with Gasteiger partial charge < -0.3 is 5.32 Å². The molecule has 19 heavy (non-hydrogen) atoms. The molecule has 1 unspecified atom stereocenters. The van der Waals surface area contributed by atoms with E-state index in [-0.39, 0.29) is 11.7 Å². The second kappa shape index (κ2) is 5.36. The summed E-state index contributed by atoms with van der Waals surface area (Å²) in [5.41, 5.74) is 1.12. The van der Waals surface area contributed by atoms with Crippen LogP contribution < -0.4 is 5.32 Å². The maximum absolute atomic E-state index is 11.0. The fourth-order valence-electron chi connectivity index (χ4n) is 1.88. The van der Waals surface area contributed by atoms with Crippen molar-refractivity contribution in [3.63, 3.8) is 0 Å². The molecular formula is C14H13N3O2. The minimum atomic E-state index is -0.433. The van der Waals surface area contributed by atoms with Crippen LogP contribution in [0.15, 0.2) is 30.5 Å². The summed E-state index contributed by atoms with van der Waals surface area (Å²) >= 11 is 0. The predicted octanol–water partition coefficient (Wildman–Crippen LogP) is 2.97. The van der Waals surface area contributed by atoms with Crippen LogP contribution in [0, 0.1) is 22.5 Å². The van der Waals surface area contributed by atoms with Crippen molar-refractivity contribution < 1.29 is 4.92 Å². The van der Waals surface area contributed by atoms with Gasteiger partial charge in [0.15, 0.2) is 0 Å². The molecule has 5 heteroatoms. The molecule has 2 rings (SSSR count).